The van der Waals surface area contributed by atoms with E-state index in [4.69, 9.17) is 114 Å². The normalized spacial score (nSPS) is 11.6. The Morgan fingerprint density at radius 1 is 0.300 bits per heavy atom. The maximum Gasteiger partial charge on any atom is 0.135 e. The minimum atomic E-state index is 0.0932. The van der Waals surface area contributed by atoms with Crippen molar-refractivity contribution in [2.24, 2.45) is 0 Å². The molecular weight excluding hydrogens is 710 g/mol. The van der Waals surface area contributed by atoms with E-state index in [9.17, 15) is 0 Å². The van der Waals surface area contributed by atoms with E-state index in [1.54, 1.807) is 0 Å². The molecule has 0 aliphatic heterocycles. The summed E-state index contributed by atoms with van der Waals surface area (Å²) in [6, 6.07) is 29.1. The molecule has 9 aromatic rings. The van der Waals surface area contributed by atoms with Gasteiger partial charge in [-0.1, -0.05) is 86.2 Å². The van der Waals surface area contributed by atoms with Gasteiger partial charge < -0.3 is 9.32 Å². The third-order valence-electron chi connectivity index (χ3n) is 11.5. The van der Waals surface area contributed by atoms with Crippen LogP contribution in [0.5, 0.6) is 0 Å². The van der Waals surface area contributed by atoms with Crippen molar-refractivity contribution in [2.75, 3.05) is 4.90 Å². The topological polar surface area (TPSA) is 16.4 Å². The fourth-order valence-electron chi connectivity index (χ4n) is 8.34. The van der Waals surface area contributed by atoms with Crippen LogP contribution in [0.3, 0.4) is 0 Å². The zero-order valence-electron chi connectivity index (χ0n) is 32.1. The average molecular weight is 725 g/mol. The van der Waals surface area contributed by atoms with E-state index in [2.05, 4.69) is 11.0 Å². The van der Waals surface area contributed by atoms with Crippen LogP contribution in [-0.2, 0) is 0 Å². The Bertz CT molecular complexity index is 3160. The van der Waals surface area contributed by atoms with Gasteiger partial charge in [0.2, 0.25) is 0 Å². The molecule has 0 bridgehead atoms. The molecule has 0 aliphatic carbocycles. The van der Waals surface area contributed by atoms with Crippen molar-refractivity contribution in [3.05, 3.63) is 91.0 Å². The molecule has 0 saturated heterocycles. The first-order valence-electron chi connectivity index (χ1n) is 18.6. The highest BCUT2D eigenvalue weighted by Gasteiger charge is 2.23. The van der Waals surface area contributed by atoms with Gasteiger partial charge in [-0.2, -0.15) is 0 Å². The SMILES string of the molecule is [B]c1c([B])c([B])c2c(-c3cccc(N(c4cccc(-c5c([B])c([B])c([B])c6c([B])c([B])c([B])c([B])c56)c4)c4ccc5oc6ccccc6c5c4)c3)c([B])c([B])c([B])c2c1[B]. The Labute approximate surface area is 367 Å². The standard InChI is InChI=1S/C44H15B14NO/c45-31-25(27-29(35(49)39(31)53)37(51)43(57)41(55)33(27)47)16-5-3-7-18(13-16)59(20-11-12-24-22(15-20)21-9-1-2-10-23(21)60-24)19-8-4-6-17(14-19)26-28-30(36(50)40(54)32(26)46)38(52)44(58)42(56)34(28)48/h1-15H. The smallest absolute Gasteiger partial charge is 0.135 e. The molecule has 1 aromatic heterocycles. The Balaban J connectivity index is 1.34. The summed E-state index contributed by atoms with van der Waals surface area (Å²) >= 11 is 0. The fourth-order valence-corrected chi connectivity index (χ4v) is 8.34. The molecule has 0 amide bonds. The Morgan fingerprint density at radius 2 is 0.683 bits per heavy atom. The van der Waals surface area contributed by atoms with Gasteiger partial charge in [0.15, 0.2) is 0 Å². The van der Waals surface area contributed by atoms with Gasteiger partial charge in [0.05, 0.1) is 0 Å². The van der Waals surface area contributed by atoms with Crippen LogP contribution in [0.25, 0.3) is 65.7 Å². The molecule has 0 unspecified atom stereocenters. The van der Waals surface area contributed by atoms with Gasteiger partial charge in [0.1, 0.15) is 121 Å². The number of fused-ring (bicyclic) bond motifs is 5. The predicted molar refractivity (Wildman–Crippen MR) is 270 cm³/mol. The van der Waals surface area contributed by atoms with E-state index in [0.717, 1.165) is 22.0 Å². The maximum absolute atomic E-state index is 6.79. The number of hydrogen-bond donors (Lipinski definition) is 0. The summed E-state index contributed by atoms with van der Waals surface area (Å²) in [5, 5.41) is 3.38. The summed E-state index contributed by atoms with van der Waals surface area (Å²) in [5.41, 5.74) is 7.71. The van der Waals surface area contributed by atoms with Crippen molar-refractivity contribution in [1.29, 1.82) is 0 Å². The van der Waals surface area contributed by atoms with E-state index in [1.165, 1.54) is 0 Å². The molecule has 16 heteroatoms. The first-order chi connectivity index (χ1) is 28.6. The highest BCUT2D eigenvalue weighted by atomic mass is 16.3. The highest BCUT2D eigenvalue weighted by Crippen LogP contribution is 2.41. The first kappa shape index (κ1) is 40.2. The molecule has 0 saturated carbocycles. The van der Waals surface area contributed by atoms with Gasteiger partial charge >= 0.3 is 0 Å². The van der Waals surface area contributed by atoms with Crippen LogP contribution in [0.15, 0.2) is 95.4 Å². The van der Waals surface area contributed by atoms with Crippen molar-refractivity contribution in [1.82, 2.24) is 0 Å². The van der Waals surface area contributed by atoms with Crippen molar-refractivity contribution in [3.8, 4) is 22.3 Å². The van der Waals surface area contributed by atoms with Crippen molar-refractivity contribution >= 4 is 247 Å². The van der Waals surface area contributed by atoms with E-state index >= 15 is 0 Å². The molecule has 2 nitrogen and oxygen atoms in total. The molecule has 0 spiro atoms. The minimum absolute atomic E-state index is 0.0932. The van der Waals surface area contributed by atoms with Crippen LogP contribution in [0.4, 0.5) is 17.1 Å². The van der Waals surface area contributed by atoms with Gasteiger partial charge in [0, 0.05) is 27.8 Å². The van der Waals surface area contributed by atoms with Gasteiger partial charge in [0.25, 0.3) is 0 Å². The summed E-state index contributed by atoms with van der Waals surface area (Å²) in [6.07, 6.45) is 0. The van der Waals surface area contributed by atoms with Crippen LogP contribution >= 0.6 is 0 Å². The zero-order chi connectivity index (χ0) is 42.6. The number of nitrogens with zero attached hydrogens (tertiary/aromatic N) is 1. The van der Waals surface area contributed by atoms with Crippen molar-refractivity contribution in [3.63, 3.8) is 0 Å². The summed E-state index contributed by atoms with van der Waals surface area (Å²) in [5.74, 6) is 0. The predicted octanol–water partition coefficient (Wildman–Crippen LogP) is -4.19. The molecule has 9 rings (SSSR count). The second kappa shape index (κ2) is 14.8. The molecule has 0 atom stereocenters. The first-order valence-corrected chi connectivity index (χ1v) is 18.6. The number of para-hydroxylation sites is 1. The Kier molecular flexibility index (Phi) is 9.89. The maximum atomic E-state index is 6.79. The second-order valence-electron chi connectivity index (χ2n) is 14.8. The van der Waals surface area contributed by atoms with Crippen molar-refractivity contribution in [2.45, 2.75) is 0 Å². The average Bonchev–Trinajstić information content (AvgIpc) is 3.62. The molecule has 0 fully saturated rings. The minimum Gasteiger partial charge on any atom is -0.456 e. The number of rotatable bonds is 5. The molecule has 0 aliphatic rings. The summed E-state index contributed by atoms with van der Waals surface area (Å²) in [6.45, 7) is 0. The van der Waals surface area contributed by atoms with Crippen LogP contribution in [0.2, 0.25) is 0 Å². The third-order valence-corrected chi connectivity index (χ3v) is 11.5. The van der Waals surface area contributed by atoms with Crippen LogP contribution in [-0.4, -0.2) is 110 Å². The van der Waals surface area contributed by atoms with E-state index in [-0.39, 0.29) is 76.5 Å². The van der Waals surface area contributed by atoms with Crippen LogP contribution in [0.1, 0.15) is 0 Å². The number of hydrogen-bond acceptors (Lipinski definition) is 2. The quantitative estimate of drug-likeness (QED) is 0.168. The third kappa shape index (κ3) is 5.91. The number of anilines is 3. The lowest BCUT2D eigenvalue weighted by Crippen LogP contribution is -2.52. The molecule has 244 valence electrons. The van der Waals surface area contributed by atoms with Gasteiger partial charge in [-0.25, -0.2) is 0 Å². The zero-order valence-corrected chi connectivity index (χ0v) is 32.1. The summed E-state index contributed by atoms with van der Waals surface area (Å²) < 4.78 is 6.21. The molecule has 1 heterocycles. The van der Waals surface area contributed by atoms with Gasteiger partial charge in [-0.15, -0.1) is 32.8 Å². The van der Waals surface area contributed by atoms with Gasteiger partial charge in [-0.05, 0) is 92.3 Å². The molecule has 28 radical (unpaired) electrons. The van der Waals surface area contributed by atoms with Crippen LogP contribution in [0, 0.1) is 0 Å². The number of furan rings is 1. The molecular formula is C44H15B14NO. The molecule has 60 heavy (non-hydrogen) atoms. The largest absolute Gasteiger partial charge is 0.456 e. The Hall–Kier alpha value is -5.21. The summed E-state index contributed by atoms with van der Waals surface area (Å²) in [7, 11) is 91.4. The van der Waals surface area contributed by atoms with Crippen LogP contribution < -0.4 is 81.4 Å². The molecule has 8 aromatic carbocycles. The lowest BCUT2D eigenvalue weighted by Gasteiger charge is -2.29. The highest BCUT2D eigenvalue weighted by molar-refractivity contribution is 6.73. The van der Waals surface area contributed by atoms with Gasteiger partial charge in [-0.3, -0.25) is 0 Å². The van der Waals surface area contributed by atoms with Crippen molar-refractivity contribution < 1.29 is 4.42 Å². The Morgan fingerprint density at radius 3 is 1.15 bits per heavy atom. The lowest BCUT2D eigenvalue weighted by molar-refractivity contribution is 0.669. The monoisotopic (exact) mass is 727 g/mol. The van der Waals surface area contributed by atoms with E-state index < -0.39 is 0 Å². The van der Waals surface area contributed by atoms with E-state index in [1.807, 2.05) is 84.9 Å². The molecule has 0 N–H and O–H groups in total. The second-order valence-corrected chi connectivity index (χ2v) is 14.8. The fraction of sp³-hybridized carbons (Fsp3) is 0. The summed E-state index contributed by atoms with van der Waals surface area (Å²) in [4.78, 5) is 2.06. The number of benzene rings is 8. The van der Waals surface area contributed by atoms with E-state index in [0.29, 0.717) is 60.8 Å². The lowest BCUT2D eigenvalue weighted by atomic mass is 9.59.